The number of nitrogens with one attached hydrogen (secondary N) is 1. The summed E-state index contributed by atoms with van der Waals surface area (Å²) in [6, 6.07) is 15.6. The van der Waals surface area contributed by atoms with E-state index in [1.807, 2.05) is 0 Å². The van der Waals surface area contributed by atoms with Gasteiger partial charge in [-0.2, -0.15) is 13.2 Å². The average molecular weight is 703 g/mol. The Morgan fingerprint density at radius 2 is 1.48 bits per heavy atom. The highest BCUT2D eigenvalue weighted by molar-refractivity contribution is 5.90. The van der Waals surface area contributed by atoms with Crippen molar-refractivity contribution in [2.45, 2.75) is 44.1 Å². The number of rotatable bonds is 9. The zero-order chi connectivity index (χ0) is 36.2. The first kappa shape index (κ1) is 36.0. The van der Waals surface area contributed by atoms with Crippen LogP contribution in [0, 0.1) is 6.92 Å². The number of halogens is 3. The lowest BCUT2D eigenvalue weighted by molar-refractivity contribution is -0.188. The standard InChI is InChI=1S/C33H33F3N4O10/c1-20-17-40(31(46)37-26(20)42)27-24(48-21(2)41)25(49-29(44)23-11-7-4-8-12-23)32(50-27,19-47-28(43)22-9-5-3-6-10-22)18-38-13-15-39(16-14-38)30(45)33(34,35)36/h3-12,17,24-25,27H,13-16,18-19H2,1-2H3,(H,37,42,46)/t24-,25-,27-,32-/m1/s1. The van der Waals surface area contributed by atoms with Gasteiger partial charge in [-0.1, -0.05) is 36.4 Å². The molecule has 50 heavy (non-hydrogen) atoms. The van der Waals surface area contributed by atoms with Gasteiger partial charge in [-0.15, -0.1) is 0 Å². The summed E-state index contributed by atoms with van der Waals surface area (Å²) in [5.74, 6) is -4.58. The second-order valence-electron chi connectivity index (χ2n) is 11.8. The topological polar surface area (TPSA) is 167 Å². The van der Waals surface area contributed by atoms with Crippen LogP contribution in [0.3, 0.4) is 0 Å². The summed E-state index contributed by atoms with van der Waals surface area (Å²) in [5, 5.41) is 0. The zero-order valence-electron chi connectivity index (χ0n) is 26.9. The van der Waals surface area contributed by atoms with E-state index in [9.17, 15) is 41.9 Å². The number of aromatic amines is 1. The van der Waals surface area contributed by atoms with E-state index >= 15 is 0 Å². The van der Waals surface area contributed by atoms with E-state index in [0.29, 0.717) is 4.90 Å². The molecule has 2 fully saturated rings. The maximum absolute atomic E-state index is 13.6. The first-order valence-electron chi connectivity index (χ1n) is 15.4. The van der Waals surface area contributed by atoms with Crippen LogP contribution in [0.15, 0.2) is 76.4 Å². The van der Waals surface area contributed by atoms with Gasteiger partial charge in [0.15, 0.2) is 24.0 Å². The number of H-pyrrole nitrogens is 1. The smallest absolute Gasteiger partial charge is 0.459 e. The number of esters is 3. The number of piperazine rings is 1. The molecule has 2 aliphatic heterocycles. The quantitative estimate of drug-likeness (QED) is 0.255. The molecule has 1 amide bonds. The number of carbonyl (C=O) groups is 4. The number of carbonyl (C=O) groups excluding carboxylic acids is 4. The number of amides is 1. The molecule has 4 atom stereocenters. The highest BCUT2D eigenvalue weighted by Crippen LogP contribution is 2.42. The average Bonchev–Trinajstić information content (AvgIpc) is 3.36. The minimum atomic E-state index is -5.08. The number of aromatic nitrogens is 2. The highest BCUT2D eigenvalue weighted by Gasteiger charge is 2.62. The molecule has 0 saturated carbocycles. The van der Waals surface area contributed by atoms with Gasteiger partial charge in [0.25, 0.3) is 5.56 Å². The summed E-state index contributed by atoms with van der Waals surface area (Å²) in [7, 11) is 0. The molecule has 0 bridgehead atoms. The van der Waals surface area contributed by atoms with Crippen LogP contribution in [-0.2, 0) is 28.5 Å². The first-order chi connectivity index (χ1) is 23.7. The molecule has 266 valence electrons. The summed E-state index contributed by atoms with van der Waals surface area (Å²) in [6.45, 7) is 0.624. The van der Waals surface area contributed by atoms with Crippen LogP contribution >= 0.6 is 0 Å². The molecule has 2 aliphatic rings. The molecule has 2 aromatic carbocycles. The van der Waals surface area contributed by atoms with Gasteiger partial charge in [0.05, 0.1) is 11.1 Å². The molecule has 0 spiro atoms. The lowest BCUT2D eigenvalue weighted by Gasteiger charge is -2.41. The predicted octanol–water partition coefficient (Wildman–Crippen LogP) is 1.83. The molecule has 5 rings (SSSR count). The van der Waals surface area contributed by atoms with Crippen molar-refractivity contribution < 1.29 is 51.3 Å². The van der Waals surface area contributed by atoms with Crippen LogP contribution in [0.5, 0.6) is 0 Å². The number of aryl methyl sites for hydroxylation is 1. The molecule has 0 unspecified atom stereocenters. The minimum absolute atomic E-state index is 0.0751. The van der Waals surface area contributed by atoms with Gasteiger partial charge in [-0.3, -0.25) is 28.8 Å². The number of hydrogen-bond donors (Lipinski definition) is 1. The van der Waals surface area contributed by atoms with E-state index in [2.05, 4.69) is 4.98 Å². The summed E-state index contributed by atoms with van der Waals surface area (Å²) in [6.07, 6.45) is -8.67. The van der Waals surface area contributed by atoms with Crippen LogP contribution in [0.1, 0.15) is 39.4 Å². The molecule has 0 aliphatic carbocycles. The molecule has 14 nitrogen and oxygen atoms in total. The molecule has 1 N–H and O–H groups in total. The molecule has 2 saturated heterocycles. The maximum atomic E-state index is 13.6. The highest BCUT2D eigenvalue weighted by atomic mass is 19.4. The zero-order valence-corrected chi connectivity index (χ0v) is 26.9. The van der Waals surface area contributed by atoms with Crippen molar-refractivity contribution >= 4 is 23.8 Å². The number of alkyl halides is 3. The maximum Gasteiger partial charge on any atom is 0.471 e. The van der Waals surface area contributed by atoms with Crippen molar-refractivity contribution in [3.63, 3.8) is 0 Å². The third-order valence-corrected chi connectivity index (χ3v) is 8.27. The fourth-order valence-electron chi connectivity index (χ4n) is 5.86. The van der Waals surface area contributed by atoms with Crippen molar-refractivity contribution in [2.75, 3.05) is 39.3 Å². The molecule has 3 heterocycles. The van der Waals surface area contributed by atoms with E-state index in [0.717, 1.165) is 17.7 Å². The predicted molar refractivity (Wildman–Crippen MR) is 166 cm³/mol. The number of benzene rings is 2. The fourth-order valence-corrected chi connectivity index (χ4v) is 5.86. The lowest BCUT2D eigenvalue weighted by Crippen LogP contribution is -2.60. The molecule has 0 radical (unpaired) electrons. The Morgan fingerprint density at radius 3 is 2.04 bits per heavy atom. The van der Waals surface area contributed by atoms with Gasteiger partial charge in [-0.25, -0.2) is 14.4 Å². The number of nitrogens with zero attached hydrogens (tertiary/aromatic N) is 3. The monoisotopic (exact) mass is 702 g/mol. The Kier molecular flexibility index (Phi) is 10.6. The largest absolute Gasteiger partial charge is 0.471 e. The minimum Gasteiger partial charge on any atom is -0.459 e. The Labute approximate surface area is 282 Å². The van der Waals surface area contributed by atoms with Crippen LogP contribution in [0.2, 0.25) is 0 Å². The molecule has 3 aromatic rings. The van der Waals surface area contributed by atoms with Crippen LogP contribution < -0.4 is 11.2 Å². The Morgan fingerprint density at radius 1 is 0.900 bits per heavy atom. The summed E-state index contributed by atoms with van der Waals surface area (Å²) in [4.78, 5) is 81.0. The molecule has 1 aromatic heterocycles. The van der Waals surface area contributed by atoms with Crippen molar-refractivity contribution in [1.82, 2.24) is 19.4 Å². The Hall–Kier alpha value is -5.29. The van der Waals surface area contributed by atoms with Crippen LogP contribution in [0.25, 0.3) is 0 Å². The van der Waals surface area contributed by atoms with E-state index in [4.69, 9.17) is 18.9 Å². The third kappa shape index (κ3) is 7.94. The van der Waals surface area contributed by atoms with Crippen molar-refractivity contribution in [2.24, 2.45) is 0 Å². The molecular formula is C33H33F3N4O10. The fraction of sp³-hybridized carbons (Fsp3) is 0.394. The summed E-state index contributed by atoms with van der Waals surface area (Å²) in [5.41, 5.74) is -3.30. The van der Waals surface area contributed by atoms with Gasteiger partial charge in [-0.05, 0) is 31.2 Å². The molecule has 17 heteroatoms. The second-order valence-corrected chi connectivity index (χ2v) is 11.8. The summed E-state index contributed by atoms with van der Waals surface area (Å²) < 4.78 is 64.3. The third-order valence-electron chi connectivity index (χ3n) is 8.27. The number of hydrogen-bond acceptors (Lipinski definition) is 11. The Balaban J connectivity index is 1.59. The Bertz CT molecular complexity index is 1840. The van der Waals surface area contributed by atoms with Gasteiger partial charge < -0.3 is 23.8 Å². The van der Waals surface area contributed by atoms with E-state index in [1.54, 1.807) is 41.3 Å². The lowest BCUT2D eigenvalue weighted by atomic mass is 9.93. The van der Waals surface area contributed by atoms with Crippen molar-refractivity contribution in [1.29, 1.82) is 0 Å². The van der Waals surface area contributed by atoms with E-state index in [-0.39, 0.29) is 49.4 Å². The second kappa shape index (κ2) is 14.7. The van der Waals surface area contributed by atoms with Gasteiger partial charge in [0.1, 0.15) is 6.61 Å². The SMILES string of the molecule is CC(=O)O[C@H]1[C@H](n2cc(C)c(=O)[nH]c2=O)O[C@@](COC(=O)c2ccccc2)(CN2CCN(C(=O)C(F)(F)F)CC2)[C@@H]1OC(=O)c1ccccc1. The van der Waals surface area contributed by atoms with Gasteiger partial charge in [0.2, 0.25) is 0 Å². The van der Waals surface area contributed by atoms with Crippen LogP contribution in [0.4, 0.5) is 13.2 Å². The van der Waals surface area contributed by atoms with Gasteiger partial charge in [0, 0.05) is 51.4 Å². The molecular weight excluding hydrogens is 669 g/mol. The van der Waals surface area contributed by atoms with E-state index in [1.165, 1.54) is 31.2 Å². The first-order valence-corrected chi connectivity index (χ1v) is 15.4. The van der Waals surface area contributed by atoms with E-state index < -0.39 is 71.9 Å². The van der Waals surface area contributed by atoms with Crippen molar-refractivity contribution in [3.8, 4) is 0 Å². The number of ether oxygens (including phenoxy) is 4. The van der Waals surface area contributed by atoms with Gasteiger partial charge >= 0.3 is 35.7 Å². The van der Waals surface area contributed by atoms with Crippen molar-refractivity contribution in [3.05, 3.63) is 104 Å². The summed E-state index contributed by atoms with van der Waals surface area (Å²) >= 11 is 0. The van der Waals surface area contributed by atoms with Crippen LogP contribution in [-0.4, -0.2) is 106 Å². The normalized spacial score (nSPS) is 22.5.